The fourth-order valence-corrected chi connectivity index (χ4v) is 2.81. The molecule has 0 radical (unpaired) electrons. The molecule has 2 aromatic carbocycles. The van der Waals surface area contributed by atoms with Crippen molar-refractivity contribution in [2.24, 2.45) is 0 Å². The Morgan fingerprint density at radius 2 is 1.81 bits per heavy atom. The predicted octanol–water partition coefficient (Wildman–Crippen LogP) is 4.50. The summed E-state index contributed by atoms with van der Waals surface area (Å²) in [5, 5.41) is 3.28. The summed E-state index contributed by atoms with van der Waals surface area (Å²) >= 11 is 0. The van der Waals surface area contributed by atoms with Crippen LogP contribution in [-0.2, 0) is 0 Å². The van der Waals surface area contributed by atoms with Gasteiger partial charge >= 0.3 is 0 Å². The van der Waals surface area contributed by atoms with E-state index in [9.17, 15) is 4.39 Å². The molecule has 2 nitrogen and oxygen atoms in total. The average molecular weight is 285 g/mol. The number of halogens is 1. The van der Waals surface area contributed by atoms with Crippen molar-refractivity contribution < 1.29 is 9.13 Å². The topological polar surface area (TPSA) is 21.3 Å². The highest BCUT2D eigenvalue weighted by molar-refractivity contribution is 5.51. The number of hydrogen-bond donors (Lipinski definition) is 1. The highest BCUT2D eigenvalue weighted by atomic mass is 19.1. The van der Waals surface area contributed by atoms with Gasteiger partial charge in [-0.05, 0) is 43.4 Å². The van der Waals surface area contributed by atoms with Crippen molar-refractivity contribution in [3.8, 4) is 5.75 Å². The SMILES string of the molecule is COc1ccc(F)c(NC2CC(c3ccc(C)cc3)C2)c1. The minimum Gasteiger partial charge on any atom is -0.497 e. The van der Waals surface area contributed by atoms with E-state index >= 15 is 0 Å². The molecule has 0 atom stereocenters. The minimum absolute atomic E-state index is 0.227. The molecule has 0 bridgehead atoms. The molecule has 0 amide bonds. The number of nitrogens with one attached hydrogen (secondary N) is 1. The molecule has 3 heteroatoms. The van der Waals surface area contributed by atoms with E-state index in [4.69, 9.17) is 4.74 Å². The fraction of sp³-hybridized carbons (Fsp3) is 0.333. The molecule has 1 aliphatic carbocycles. The van der Waals surface area contributed by atoms with E-state index < -0.39 is 0 Å². The van der Waals surface area contributed by atoms with Crippen LogP contribution in [0.3, 0.4) is 0 Å². The smallest absolute Gasteiger partial charge is 0.146 e. The van der Waals surface area contributed by atoms with Gasteiger partial charge in [-0.3, -0.25) is 0 Å². The summed E-state index contributed by atoms with van der Waals surface area (Å²) in [6.07, 6.45) is 2.08. The van der Waals surface area contributed by atoms with E-state index in [2.05, 4.69) is 36.5 Å². The average Bonchev–Trinajstić information content (AvgIpc) is 2.45. The zero-order valence-corrected chi connectivity index (χ0v) is 12.4. The molecule has 0 saturated heterocycles. The summed E-state index contributed by atoms with van der Waals surface area (Å²) in [6.45, 7) is 2.10. The molecular formula is C18H20FNO. The Bertz CT molecular complexity index is 618. The Hall–Kier alpha value is -2.03. The molecule has 1 fully saturated rings. The summed E-state index contributed by atoms with van der Waals surface area (Å²) < 4.78 is 18.9. The highest BCUT2D eigenvalue weighted by Crippen LogP contribution is 2.39. The number of rotatable bonds is 4. The van der Waals surface area contributed by atoms with Crippen LogP contribution in [0.15, 0.2) is 42.5 Å². The second kappa shape index (κ2) is 5.76. The van der Waals surface area contributed by atoms with E-state index in [0.717, 1.165) is 12.8 Å². The Balaban J connectivity index is 1.61. The molecule has 1 aliphatic rings. The Kier molecular flexibility index (Phi) is 3.82. The highest BCUT2D eigenvalue weighted by Gasteiger charge is 2.30. The predicted molar refractivity (Wildman–Crippen MR) is 83.5 cm³/mol. The van der Waals surface area contributed by atoms with Crippen molar-refractivity contribution in [3.63, 3.8) is 0 Å². The third-order valence-electron chi connectivity index (χ3n) is 4.22. The van der Waals surface area contributed by atoms with Crippen LogP contribution in [0.25, 0.3) is 0 Å². The van der Waals surface area contributed by atoms with Gasteiger partial charge in [-0.25, -0.2) is 4.39 Å². The first-order valence-corrected chi connectivity index (χ1v) is 7.32. The second-order valence-electron chi connectivity index (χ2n) is 5.77. The largest absolute Gasteiger partial charge is 0.497 e. The first kappa shape index (κ1) is 13.9. The monoisotopic (exact) mass is 285 g/mol. The molecule has 0 aromatic heterocycles. The standard InChI is InChI=1S/C18H20FNO/c1-12-3-5-13(6-4-12)14-9-15(10-14)20-18-11-16(21-2)7-8-17(18)19/h3-8,11,14-15,20H,9-10H2,1-2H3. The fourth-order valence-electron chi connectivity index (χ4n) is 2.81. The molecule has 0 unspecified atom stereocenters. The molecule has 1 saturated carbocycles. The van der Waals surface area contributed by atoms with Crippen molar-refractivity contribution in [1.29, 1.82) is 0 Å². The molecule has 0 heterocycles. The van der Waals surface area contributed by atoms with Crippen LogP contribution in [0.1, 0.15) is 29.9 Å². The Labute approximate surface area is 125 Å². The summed E-state index contributed by atoms with van der Waals surface area (Å²) in [7, 11) is 1.59. The first-order chi connectivity index (χ1) is 10.2. The normalized spacial score (nSPS) is 20.7. The van der Waals surface area contributed by atoms with Crippen LogP contribution in [-0.4, -0.2) is 13.2 Å². The third kappa shape index (κ3) is 3.02. The first-order valence-electron chi connectivity index (χ1n) is 7.32. The molecular weight excluding hydrogens is 265 g/mol. The lowest BCUT2D eigenvalue weighted by molar-refractivity contribution is 0.372. The number of methoxy groups -OCH3 is 1. The molecule has 0 aliphatic heterocycles. The van der Waals surface area contributed by atoms with Crippen molar-refractivity contribution in [3.05, 3.63) is 59.4 Å². The lowest BCUT2D eigenvalue weighted by atomic mass is 9.75. The zero-order chi connectivity index (χ0) is 14.8. The van der Waals surface area contributed by atoms with Crippen LogP contribution >= 0.6 is 0 Å². The maximum atomic E-state index is 13.8. The van der Waals surface area contributed by atoms with Crippen LogP contribution in [0, 0.1) is 12.7 Å². The summed E-state index contributed by atoms with van der Waals surface area (Å²) in [4.78, 5) is 0. The number of anilines is 1. The van der Waals surface area contributed by atoms with Gasteiger partial charge in [0.15, 0.2) is 0 Å². The molecule has 2 aromatic rings. The van der Waals surface area contributed by atoms with E-state index in [1.54, 1.807) is 19.2 Å². The van der Waals surface area contributed by atoms with Gasteiger partial charge in [0.25, 0.3) is 0 Å². The van der Waals surface area contributed by atoms with Crippen LogP contribution in [0.4, 0.5) is 10.1 Å². The maximum absolute atomic E-state index is 13.8. The minimum atomic E-state index is -0.227. The summed E-state index contributed by atoms with van der Waals surface area (Å²) in [5.41, 5.74) is 3.19. The van der Waals surface area contributed by atoms with Crippen molar-refractivity contribution >= 4 is 5.69 Å². The molecule has 21 heavy (non-hydrogen) atoms. The van der Waals surface area contributed by atoms with Gasteiger partial charge in [0.05, 0.1) is 12.8 Å². The third-order valence-corrected chi connectivity index (χ3v) is 4.22. The number of hydrogen-bond acceptors (Lipinski definition) is 2. The summed E-state index contributed by atoms with van der Waals surface area (Å²) in [5.74, 6) is 1.03. The van der Waals surface area contributed by atoms with Crippen molar-refractivity contribution in [2.75, 3.05) is 12.4 Å². The zero-order valence-electron chi connectivity index (χ0n) is 12.4. The molecule has 0 spiro atoms. The van der Waals surface area contributed by atoms with E-state index in [-0.39, 0.29) is 5.82 Å². The lowest BCUT2D eigenvalue weighted by Gasteiger charge is -2.37. The quantitative estimate of drug-likeness (QED) is 0.893. The summed E-state index contributed by atoms with van der Waals surface area (Å²) in [6, 6.07) is 13.8. The lowest BCUT2D eigenvalue weighted by Crippen LogP contribution is -2.34. The Morgan fingerprint density at radius 1 is 1.10 bits per heavy atom. The number of ether oxygens (including phenoxy) is 1. The molecule has 1 N–H and O–H groups in total. The van der Waals surface area contributed by atoms with Crippen molar-refractivity contribution in [1.82, 2.24) is 0 Å². The van der Waals surface area contributed by atoms with Crippen LogP contribution < -0.4 is 10.1 Å². The van der Waals surface area contributed by atoms with Gasteiger partial charge in [-0.15, -0.1) is 0 Å². The molecule has 3 rings (SSSR count). The van der Waals surface area contributed by atoms with E-state index in [0.29, 0.717) is 23.4 Å². The van der Waals surface area contributed by atoms with Gasteiger partial charge in [0, 0.05) is 12.1 Å². The van der Waals surface area contributed by atoms with E-state index in [1.165, 1.54) is 17.2 Å². The van der Waals surface area contributed by atoms with Gasteiger partial charge in [-0.1, -0.05) is 29.8 Å². The number of aryl methyl sites for hydroxylation is 1. The molecule has 110 valence electrons. The second-order valence-corrected chi connectivity index (χ2v) is 5.77. The van der Waals surface area contributed by atoms with Gasteiger partial charge in [0.2, 0.25) is 0 Å². The van der Waals surface area contributed by atoms with Crippen LogP contribution in [0.2, 0.25) is 0 Å². The Morgan fingerprint density at radius 3 is 2.48 bits per heavy atom. The van der Waals surface area contributed by atoms with Gasteiger partial charge in [-0.2, -0.15) is 0 Å². The van der Waals surface area contributed by atoms with Crippen LogP contribution in [0.5, 0.6) is 5.75 Å². The van der Waals surface area contributed by atoms with E-state index in [1.807, 2.05) is 0 Å². The number of benzene rings is 2. The van der Waals surface area contributed by atoms with Gasteiger partial charge in [0.1, 0.15) is 11.6 Å². The maximum Gasteiger partial charge on any atom is 0.146 e. The van der Waals surface area contributed by atoms with Crippen molar-refractivity contribution in [2.45, 2.75) is 31.7 Å². The van der Waals surface area contributed by atoms with Gasteiger partial charge < -0.3 is 10.1 Å².